The number of amides is 1. The number of hydrogen-bond acceptors (Lipinski definition) is 7. The Bertz CT molecular complexity index is 1130. The van der Waals surface area contributed by atoms with Gasteiger partial charge < -0.3 is 31.1 Å². The van der Waals surface area contributed by atoms with Crippen molar-refractivity contribution in [2.45, 2.75) is 39.2 Å². The third kappa shape index (κ3) is 6.95. The number of ether oxygens (including phenoxy) is 1. The Labute approximate surface area is 206 Å². The highest BCUT2D eigenvalue weighted by Crippen LogP contribution is 2.29. The molecule has 0 unspecified atom stereocenters. The number of aromatic nitrogens is 2. The number of anilines is 2. The number of fused-ring (bicyclic) bond motifs is 1. The van der Waals surface area contributed by atoms with Crippen molar-refractivity contribution in [2.24, 2.45) is 5.73 Å². The zero-order valence-corrected chi connectivity index (χ0v) is 21.0. The van der Waals surface area contributed by atoms with Crippen LogP contribution in [0.15, 0.2) is 42.5 Å². The molecule has 0 aliphatic heterocycles. The van der Waals surface area contributed by atoms with Gasteiger partial charge >= 0.3 is 6.09 Å². The molecule has 5 N–H and O–H groups in total. The van der Waals surface area contributed by atoms with Gasteiger partial charge in [-0.25, -0.2) is 14.8 Å². The second-order valence-corrected chi connectivity index (χ2v) is 9.30. The van der Waals surface area contributed by atoms with E-state index in [0.29, 0.717) is 26.1 Å². The average molecular weight is 481 g/mol. The zero-order chi connectivity index (χ0) is 25.4. The smallest absolute Gasteiger partial charge is 0.407 e. The van der Waals surface area contributed by atoms with Crippen molar-refractivity contribution in [3.05, 3.63) is 42.5 Å². The molecule has 1 amide bonds. The lowest BCUT2D eigenvalue weighted by Crippen LogP contribution is -2.45. The summed E-state index contributed by atoms with van der Waals surface area (Å²) in [5.74, 6) is 2.28. The molecular formula is C26H36N6O3. The van der Waals surface area contributed by atoms with Crippen molar-refractivity contribution in [3.63, 3.8) is 0 Å². The number of methoxy groups -OCH3 is 1. The van der Waals surface area contributed by atoms with Gasteiger partial charge in [-0.1, -0.05) is 0 Å². The molecular weight excluding hydrogens is 444 g/mol. The molecule has 35 heavy (non-hydrogen) atoms. The molecule has 0 radical (unpaired) electrons. The molecule has 0 saturated heterocycles. The standard InChI is InChI=1S/C26H36N6O3/c1-26(2,3)32(25(33)34)16-6-15-28-23-12-11-20-22(30-23)17-21(31-24(20)29-14-5-13-27)18-7-9-19(35-4)10-8-18/h7-12,17H,5-6,13-16,27H2,1-4H3,(H,28,30)(H,29,31)(H,33,34). The maximum atomic E-state index is 11.5. The van der Waals surface area contributed by atoms with Crippen LogP contribution in [0.4, 0.5) is 16.4 Å². The molecule has 3 rings (SSSR count). The van der Waals surface area contributed by atoms with E-state index in [4.69, 9.17) is 20.4 Å². The van der Waals surface area contributed by atoms with Gasteiger partial charge in [0.05, 0.1) is 18.3 Å². The summed E-state index contributed by atoms with van der Waals surface area (Å²) in [4.78, 5) is 22.7. The Hall–Kier alpha value is -3.59. The van der Waals surface area contributed by atoms with Crippen molar-refractivity contribution in [2.75, 3.05) is 43.9 Å². The summed E-state index contributed by atoms with van der Waals surface area (Å²) in [5.41, 5.74) is 7.81. The highest BCUT2D eigenvalue weighted by atomic mass is 16.5. The summed E-state index contributed by atoms with van der Waals surface area (Å²) in [6.07, 6.45) is 0.600. The molecule has 2 heterocycles. The fourth-order valence-corrected chi connectivity index (χ4v) is 3.75. The van der Waals surface area contributed by atoms with E-state index < -0.39 is 11.6 Å². The van der Waals surface area contributed by atoms with Gasteiger partial charge in [-0.05, 0) is 82.6 Å². The van der Waals surface area contributed by atoms with E-state index in [-0.39, 0.29) is 0 Å². The summed E-state index contributed by atoms with van der Waals surface area (Å²) in [6, 6.07) is 13.7. The van der Waals surface area contributed by atoms with Crippen LogP contribution < -0.4 is 21.1 Å². The van der Waals surface area contributed by atoms with Crippen LogP contribution in [0.3, 0.4) is 0 Å². The summed E-state index contributed by atoms with van der Waals surface area (Å²) >= 11 is 0. The molecule has 9 nitrogen and oxygen atoms in total. The Kier molecular flexibility index (Phi) is 8.70. The third-order valence-corrected chi connectivity index (χ3v) is 5.65. The Balaban J connectivity index is 1.81. The van der Waals surface area contributed by atoms with Crippen LogP contribution in [-0.4, -0.2) is 64.9 Å². The van der Waals surface area contributed by atoms with Gasteiger partial charge in [0.2, 0.25) is 0 Å². The van der Waals surface area contributed by atoms with Crippen LogP contribution in [0.5, 0.6) is 5.75 Å². The Morgan fingerprint density at radius 2 is 1.77 bits per heavy atom. The van der Waals surface area contributed by atoms with Gasteiger partial charge in [0.25, 0.3) is 0 Å². The molecule has 0 bridgehead atoms. The molecule has 0 aliphatic rings. The highest BCUT2D eigenvalue weighted by Gasteiger charge is 2.25. The number of benzene rings is 1. The molecule has 0 atom stereocenters. The number of nitrogens with two attached hydrogens (primary N) is 1. The number of nitrogens with zero attached hydrogens (tertiary/aromatic N) is 3. The lowest BCUT2D eigenvalue weighted by atomic mass is 10.1. The second kappa shape index (κ2) is 11.7. The first-order chi connectivity index (χ1) is 16.7. The summed E-state index contributed by atoms with van der Waals surface area (Å²) < 4.78 is 5.27. The van der Waals surface area contributed by atoms with E-state index in [9.17, 15) is 9.90 Å². The molecule has 188 valence electrons. The monoisotopic (exact) mass is 480 g/mol. The van der Waals surface area contributed by atoms with E-state index in [2.05, 4.69) is 10.6 Å². The van der Waals surface area contributed by atoms with E-state index in [1.165, 1.54) is 4.90 Å². The first-order valence-corrected chi connectivity index (χ1v) is 11.9. The predicted octanol–water partition coefficient (Wildman–Crippen LogP) is 4.65. The van der Waals surface area contributed by atoms with E-state index in [0.717, 1.165) is 52.5 Å². The number of hydrogen-bond donors (Lipinski definition) is 4. The van der Waals surface area contributed by atoms with E-state index in [1.807, 2.05) is 63.2 Å². The largest absolute Gasteiger partial charge is 0.497 e. The molecule has 0 spiro atoms. The maximum Gasteiger partial charge on any atom is 0.407 e. The second-order valence-electron chi connectivity index (χ2n) is 9.30. The molecule has 2 aromatic heterocycles. The maximum absolute atomic E-state index is 11.5. The Morgan fingerprint density at radius 3 is 2.40 bits per heavy atom. The van der Waals surface area contributed by atoms with E-state index in [1.54, 1.807) is 7.11 Å². The predicted molar refractivity (Wildman–Crippen MR) is 141 cm³/mol. The summed E-state index contributed by atoms with van der Waals surface area (Å²) in [7, 11) is 1.64. The quantitative estimate of drug-likeness (QED) is 0.292. The van der Waals surface area contributed by atoms with Crippen LogP contribution in [0.2, 0.25) is 0 Å². The van der Waals surface area contributed by atoms with Gasteiger partial charge in [0, 0.05) is 36.1 Å². The summed E-state index contributed by atoms with van der Waals surface area (Å²) in [5, 5.41) is 17.1. The van der Waals surface area contributed by atoms with Crippen LogP contribution in [0.1, 0.15) is 33.6 Å². The first kappa shape index (κ1) is 26.0. The van der Waals surface area contributed by atoms with Gasteiger partial charge in [-0.15, -0.1) is 0 Å². The topological polar surface area (TPSA) is 126 Å². The minimum Gasteiger partial charge on any atom is -0.497 e. The van der Waals surface area contributed by atoms with Crippen molar-refractivity contribution < 1.29 is 14.6 Å². The zero-order valence-electron chi connectivity index (χ0n) is 21.0. The van der Waals surface area contributed by atoms with Crippen molar-refractivity contribution in [1.82, 2.24) is 14.9 Å². The van der Waals surface area contributed by atoms with Crippen LogP contribution >= 0.6 is 0 Å². The number of carbonyl (C=O) groups is 1. The van der Waals surface area contributed by atoms with Gasteiger partial charge in [0.1, 0.15) is 17.4 Å². The minimum atomic E-state index is -0.908. The van der Waals surface area contributed by atoms with Gasteiger partial charge in [-0.3, -0.25) is 0 Å². The van der Waals surface area contributed by atoms with Crippen molar-refractivity contribution in [1.29, 1.82) is 0 Å². The average Bonchev–Trinajstić information content (AvgIpc) is 2.82. The van der Waals surface area contributed by atoms with Gasteiger partial charge in [0.15, 0.2) is 0 Å². The van der Waals surface area contributed by atoms with Crippen LogP contribution in [0.25, 0.3) is 22.2 Å². The van der Waals surface area contributed by atoms with Gasteiger partial charge in [-0.2, -0.15) is 0 Å². The highest BCUT2D eigenvalue weighted by molar-refractivity contribution is 5.93. The molecule has 3 aromatic rings. The van der Waals surface area contributed by atoms with Crippen LogP contribution in [0, 0.1) is 0 Å². The number of pyridine rings is 2. The normalized spacial score (nSPS) is 11.3. The third-order valence-electron chi connectivity index (χ3n) is 5.65. The molecule has 0 fully saturated rings. The molecule has 9 heteroatoms. The number of carboxylic acid groups (broad SMARTS) is 1. The SMILES string of the molecule is COc1ccc(-c2cc3nc(NCCCN(C(=O)O)C(C)(C)C)ccc3c(NCCCN)n2)cc1. The van der Waals surface area contributed by atoms with Crippen LogP contribution in [-0.2, 0) is 0 Å². The number of rotatable bonds is 11. The molecule has 0 saturated carbocycles. The molecule has 1 aromatic carbocycles. The summed E-state index contributed by atoms with van der Waals surface area (Å²) in [6.45, 7) is 8.06. The van der Waals surface area contributed by atoms with Crippen molar-refractivity contribution in [3.8, 4) is 17.0 Å². The lowest BCUT2D eigenvalue weighted by molar-refractivity contribution is 0.100. The fourth-order valence-electron chi connectivity index (χ4n) is 3.75. The fraction of sp³-hybridized carbons (Fsp3) is 0.423. The lowest BCUT2D eigenvalue weighted by Gasteiger charge is -2.33. The number of nitrogens with one attached hydrogen (secondary N) is 2. The minimum absolute atomic E-state index is 0.439. The molecule has 0 aliphatic carbocycles. The Morgan fingerprint density at radius 1 is 1.06 bits per heavy atom. The van der Waals surface area contributed by atoms with E-state index >= 15 is 0 Å². The first-order valence-electron chi connectivity index (χ1n) is 11.9. The van der Waals surface area contributed by atoms with Crippen molar-refractivity contribution >= 4 is 28.6 Å².